The van der Waals surface area contributed by atoms with Crippen molar-refractivity contribution in [2.24, 2.45) is 0 Å². The fourth-order valence-corrected chi connectivity index (χ4v) is 3.01. The van der Waals surface area contributed by atoms with Crippen LogP contribution >= 0.6 is 0 Å². The number of pyridine rings is 1. The Labute approximate surface area is 128 Å². The van der Waals surface area contributed by atoms with Crippen LogP contribution in [0.5, 0.6) is 5.75 Å². The Morgan fingerprint density at radius 1 is 1.23 bits per heavy atom. The zero-order valence-corrected chi connectivity index (χ0v) is 12.6. The summed E-state index contributed by atoms with van der Waals surface area (Å²) in [6.45, 7) is 0. The number of methoxy groups -OCH3 is 1. The normalized spacial score (nSPS) is 15.7. The van der Waals surface area contributed by atoms with Crippen molar-refractivity contribution in [3.63, 3.8) is 0 Å². The van der Waals surface area contributed by atoms with Crippen molar-refractivity contribution in [1.82, 2.24) is 10.3 Å². The summed E-state index contributed by atoms with van der Waals surface area (Å²) in [6.07, 6.45) is 5.56. The fourth-order valence-electron chi connectivity index (χ4n) is 3.01. The van der Waals surface area contributed by atoms with Crippen LogP contribution in [0, 0.1) is 0 Å². The second kappa shape index (κ2) is 6.22. The molecule has 1 aliphatic rings. The number of ether oxygens (including phenoxy) is 1. The van der Waals surface area contributed by atoms with Gasteiger partial charge in [-0.25, -0.2) is 0 Å². The first-order valence-electron chi connectivity index (χ1n) is 7.69. The Morgan fingerprint density at radius 2 is 2.00 bits per heavy atom. The molecule has 0 unspecified atom stereocenters. The van der Waals surface area contributed by atoms with Crippen molar-refractivity contribution < 1.29 is 9.53 Å². The van der Waals surface area contributed by atoms with Crippen molar-refractivity contribution in [1.29, 1.82) is 0 Å². The Kier molecular flexibility index (Phi) is 4.13. The Balaban J connectivity index is 1.89. The van der Waals surface area contributed by atoms with Gasteiger partial charge in [0.2, 0.25) is 0 Å². The highest BCUT2D eigenvalue weighted by Gasteiger charge is 2.17. The quantitative estimate of drug-likeness (QED) is 0.915. The number of nitrogens with one attached hydrogen (secondary N) is 2. The van der Waals surface area contributed by atoms with Gasteiger partial charge in [-0.2, -0.15) is 0 Å². The molecule has 0 atom stereocenters. The molecule has 5 nitrogen and oxygen atoms in total. The molecular formula is C17H20N2O3. The molecule has 1 fully saturated rings. The zero-order chi connectivity index (χ0) is 15.5. The molecule has 3 rings (SSSR count). The summed E-state index contributed by atoms with van der Waals surface area (Å²) in [5.74, 6) is 0.449. The second-order valence-electron chi connectivity index (χ2n) is 5.77. The van der Waals surface area contributed by atoms with Gasteiger partial charge in [-0.1, -0.05) is 19.3 Å². The van der Waals surface area contributed by atoms with Gasteiger partial charge in [-0.05, 0) is 42.5 Å². The first-order valence-corrected chi connectivity index (χ1v) is 7.69. The van der Waals surface area contributed by atoms with Gasteiger partial charge in [-0.3, -0.25) is 9.59 Å². The van der Waals surface area contributed by atoms with Gasteiger partial charge in [0.25, 0.3) is 11.5 Å². The third-order valence-electron chi connectivity index (χ3n) is 4.24. The predicted octanol–water partition coefficient (Wildman–Crippen LogP) is 2.60. The summed E-state index contributed by atoms with van der Waals surface area (Å²) in [5, 5.41) is 4.27. The summed E-state index contributed by atoms with van der Waals surface area (Å²) in [6, 6.07) is 7.12. The van der Waals surface area contributed by atoms with Gasteiger partial charge in [0.1, 0.15) is 11.4 Å². The monoisotopic (exact) mass is 300 g/mol. The van der Waals surface area contributed by atoms with Crippen LogP contribution in [0.15, 0.2) is 29.1 Å². The number of amides is 1. The van der Waals surface area contributed by atoms with Crippen LogP contribution in [0.25, 0.3) is 10.8 Å². The second-order valence-corrected chi connectivity index (χ2v) is 5.77. The van der Waals surface area contributed by atoms with E-state index in [-0.39, 0.29) is 17.5 Å². The number of fused-ring (bicyclic) bond motifs is 1. The number of rotatable bonds is 3. The van der Waals surface area contributed by atoms with Crippen LogP contribution < -0.4 is 15.6 Å². The third-order valence-corrected chi connectivity index (χ3v) is 4.24. The Bertz CT molecular complexity index is 745. The highest BCUT2D eigenvalue weighted by atomic mass is 16.5. The van der Waals surface area contributed by atoms with Crippen LogP contribution in [0.1, 0.15) is 42.6 Å². The number of H-pyrrole nitrogens is 1. The number of benzene rings is 1. The van der Waals surface area contributed by atoms with E-state index in [1.165, 1.54) is 6.42 Å². The van der Waals surface area contributed by atoms with E-state index in [4.69, 9.17) is 4.74 Å². The van der Waals surface area contributed by atoms with E-state index in [2.05, 4.69) is 10.3 Å². The van der Waals surface area contributed by atoms with Crippen LogP contribution in [0.2, 0.25) is 0 Å². The van der Waals surface area contributed by atoms with E-state index in [0.717, 1.165) is 25.7 Å². The largest absolute Gasteiger partial charge is 0.497 e. The van der Waals surface area contributed by atoms with Crippen molar-refractivity contribution in [3.8, 4) is 5.75 Å². The first kappa shape index (κ1) is 14.6. The molecule has 116 valence electrons. The van der Waals surface area contributed by atoms with Gasteiger partial charge in [0.05, 0.1) is 7.11 Å². The minimum atomic E-state index is -0.256. The van der Waals surface area contributed by atoms with Crippen LogP contribution in [0.4, 0.5) is 0 Å². The Morgan fingerprint density at radius 3 is 2.73 bits per heavy atom. The number of aromatic amines is 1. The molecule has 0 spiro atoms. The fraction of sp³-hybridized carbons (Fsp3) is 0.412. The van der Waals surface area contributed by atoms with E-state index in [9.17, 15) is 9.59 Å². The summed E-state index contributed by atoms with van der Waals surface area (Å²) in [5.41, 5.74) is 0.0465. The maximum Gasteiger partial charge on any atom is 0.268 e. The van der Waals surface area contributed by atoms with Crippen molar-refractivity contribution in [2.45, 2.75) is 38.1 Å². The molecule has 1 aliphatic carbocycles. The highest BCUT2D eigenvalue weighted by molar-refractivity contribution is 5.96. The van der Waals surface area contributed by atoms with E-state index >= 15 is 0 Å². The van der Waals surface area contributed by atoms with Gasteiger partial charge in [0, 0.05) is 11.4 Å². The van der Waals surface area contributed by atoms with Crippen molar-refractivity contribution in [2.75, 3.05) is 7.11 Å². The molecule has 0 saturated heterocycles. The van der Waals surface area contributed by atoms with E-state index in [1.807, 2.05) is 0 Å². The molecule has 0 bridgehead atoms. The summed E-state index contributed by atoms with van der Waals surface area (Å²) in [4.78, 5) is 27.1. The number of hydrogen-bond donors (Lipinski definition) is 2. The highest BCUT2D eigenvalue weighted by Crippen LogP contribution is 2.20. The standard InChI is InChI=1S/C17H20N2O3/c1-22-13-7-8-14-11(9-13)10-15(19-16(14)20)17(21)18-12-5-3-2-4-6-12/h7-10,12H,2-6H2,1H3,(H,18,21)(H,19,20). The molecule has 0 radical (unpaired) electrons. The van der Waals surface area contributed by atoms with Gasteiger partial charge in [-0.15, -0.1) is 0 Å². The molecule has 2 N–H and O–H groups in total. The maximum absolute atomic E-state index is 12.4. The topological polar surface area (TPSA) is 71.2 Å². The number of aromatic nitrogens is 1. The zero-order valence-electron chi connectivity index (χ0n) is 12.6. The molecule has 0 aliphatic heterocycles. The molecular weight excluding hydrogens is 280 g/mol. The van der Waals surface area contributed by atoms with Crippen molar-refractivity contribution in [3.05, 3.63) is 40.3 Å². The molecule has 1 heterocycles. The minimum absolute atomic E-state index is 0.214. The number of hydrogen-bond acceptors (Lipinski definition) is 3. The van der Waals surface area contributed by atoms with Gasteiger partial charge >= 0.3 is 0 Å². The predicted molar refractivity (Wildman–Crippen MR) is 85.5 cm³/mol. The van der Waals surface area contributed by atoms with E-state index < -0.39 is 0 Å². The van der Waals surface area contributed by atoms with Crippen LogP contribution in [-0.4, -0.2) is 24.0 Å². The molecule has 2 aromatic rings. The van der Waals surface area contributed by atoms with E-state index in [0.29, 0.717) is 22.2 Å². The Hall–Kier alpha value is -2.30. The molecule has 1 amide bonds. The van der Waals surface area contributed by atoms with Gasteiger partial charge < -0.3 is 15.0 Å². The van der Waals surface area contributed by atoms with Gasteiger partial charge in [0.15, 0.2) is 0 Å². The van der Waals surface area contributed by atoms with Crippen molar-refractivity contribution >= 4 is 16.7 Å². The molecule has 1 aromatic heterocycles. The lowest BCUT2D eigenvalue weighted by atomic mass is 9.95. The SMILES string of the molecule is COc1ccc2c(=O)[nH]c(C(=O)NC3CCCCC3)cc2c1. The average Bonchev–Trinajstić information content (AvgIpc) is 2.55. The lowest BCUT2D eigenvalue weighted by Gasteiger charge is -2.22. The van der Waals surface area contributed by atoms with Crippen LogP contribution in [0.3, 0.4) is 0 Å². The van der Waals surface area contributed by atoms with E-state index in [1.54, 1.807) is 31.4 Å². The summed E-state index contributed by atoms with van der Waals surface area (Å²) in [7, 11) is 1.57. The molecule has 1 aromatic carbocycles. The third kappa shape index (κ3) is 2.98. The van der Waals surface area contributed by atoms with Crippen LogP contribution in [-0.2, 0) is 0 Å². The molecule has 1 saturated carbocycles. The maximum atomic E-state index is 12.4. The number of carbonyl (C=O) groups is 1. The average molecular weight is 300 g/mol. The summed E-state index contributed by atoms with van der Waals surface area (Å²) >= 11 is 0. The first-order chi connectivity index (χ1) is 10.7. The molecule has 5 heteroatoms. The smallest absolute Gasteiger partial charge is 0.268 e. The number of carbonyl (C=O) groups excluding carboxylic acids is 1. The lowest BCUT2D eigenvalue weighted by Crippen LogP contribution is -2.37. The minimum Gasteiger partial charge on any atom is -0.497 e. The lowest BCUT2D eigenvalue weighted by molar-refractivity contribution is 0.0922. The summed E-state index contributed by atoms with van der Waals surface area (Å²) < 4.78 is 5.17. The molecule has 22 heavy (non-hydrogen) atoms.